The van der Waals surface area contributed by atoms with E-state index in [1.165, 1.54) is 10.5 Å². The number of piperidine rings is 1. The lowest BCUT2D eigenvalue weighted by atomic mass is 9.90. The number of anilines is 1. The van der Waals surface area contributed by atoms with Gasteiger partial charge in [-0.3, -0.25) is 9.59 Å². The number of hydrogen-bond donors (Lipinski definition) is 2. The summed E-state index contributed by atoms with van der Waals surface area (Å²) in [6, 6.07) is 20.4. The number of carboxylic acid groups (broad SMARTS) is 1. The van der Waals surface area contributed by atoms with Gasteiger partial charge in [0.25, 0.3) is 5.91 Å². The van der Waals surface area contributed by atoms with Crippen LogP contribution in [-0.2, 0) is 24.1 Å². The quantitative estimate of drug-likeness (QED) is 0.290. The summed E-state index contributed by atoms with van der Waals surface area (Å²) in [7, 11) is 0. The van der Waals surface area contributed by atoms with Gasteiger partial charge in [0.15, 0.2) is 0 Å². The number of carbonyl (C=O) groups excluding carboxylic acids is 1. The second-order valence-corrected chi connectivity index (χ2v) is 10.6. The molecule has 0 aliphatic carbocycles. The van der Waals surface area contributed by atoms with Gasteiger partial charge >= 0.3 is 5.97 Å². The number of carbonyl (C=O) groups is 2. The van der Waals surface area contributed by atoms with Crippen molar-refractivity contribution in [3.05, 3.63) is 89.2 Å². The number of amides is 1. The molecule has 1 amide bonds. The van der Waals surface area contributed by atoms with Crippen LogP contribution in [0.1, 0.15) is 59.3 Å². The molecule has 0 bridgehead atoms. The first-order chi connectivity index (χ1) is 19.5. The van der Waals surface area contributed by atoms with Crippen molar-refractivity contribution in [2.24, 2.45) is 11.7 Å². The molecule has 0 atom stereocenters. The molecule has 1 aromatic heterocycles. The molecule has 1 aliphatic rings. The van der Waals surface area contributed by atoms with Gasteiger partial charge in [-0.25, -0.2) is 9.97 Å². The Bertz CT molecular complexity index is 1210. The first-order valence-corrected chi connectivity index (χ1v) is 14.4. The van der Waals surface area contributed by atoms with Gasteiger partial charge in [-0.15, -0.1) is 0 Å². The number of nitrogens with two attached hydrogens (primary N) is 1. The van der Waals surface area contributed by atoms with Crippen LogP contribution in [-0.4, -0.2) is 64.6 Å². The monoisotopic (exact) mass is 543 g/mol. The van der Waals surface area contributed by atoms with Crippen LogP contribution in [0.25, 0.3) is 0 Å². The van der Waals surface area contributed by atoms with Crippen LogP contribution in [0.2, 0.25) is 0 Å². The van der Waals surface area contributed by atoms with Gasteiger partial charge in [-0.05, 0) is 68.5 Å². The molecule has 0 spiro atoms. The standard InChI is InChI=1S/C32H41N5O3/c33-18-9-3-8-14-29-28(31(40)37(24-30(38)39)21-15-25-10-4-1-5-11-25)23-34-32(35-29)36-19-16-27(17-20-36)22-26-12-6-2-7-13-26/h1-2,4-7,10-13,23,27H,3,8-9,14-22,24,33H2,(H,38,39). The molecule has 0 radical (unpaired) electrons. The van der Waals surface area contributed by atoms with E-state index < -0.39 is 5.97 Å². The number of hydrogen-bond acceptors (Lipinski definition) is 6. The Hall–Kier alpha value is -3.78. The summed E-state index contributed by atoms with van der Waals surface area (Å²) in [5, 5.41) is 9.53. The molecule has 40 heavy (non-hydrogen) atoms. The van der Waals surface area contributed by atoms with Crippen molar-refractivity contribution in [1.82, 2.24) is 14.9 Å². The molecule has 4 rings (SSSR count). The van der Waals surface area contributed by atoms with Gasteiger partial charge in [0.2, 0.25) is 5.95 Å². The summed E-state index contributed by atoms with van der Waals surface area (Å²) < 4.78 is 0. The molecular weight excluding hydrogens is 502 g/mol. The third-order valence-electron chi connectivity index (χ3n) is 7.59. The van der Waals surface area contributed by atoms with Crippen molar-refractivity contribution in [1.29, 1.82) is 0 Å². The average Bonchev–Trinajstić information content (AvgIpc) is 2.98. The number of aryl methyl sites for hydroxylation is 1. The predicted molar refractivity (Wildman–Crippen MR) is 157 cm³/mol. The Morgan fingerprint density at radius 3 is 2.25 bits per heavy atom. The lowest BCUT2D eigenvalue weighted by Crippen LogP contribution is -2.38. The zero-order valence-corrected chi connectivity index (χ0v) is 23.3. The van der Waals surface area contributed by atoms with E-state index in [-0.39, 0.29) is 12.5 Å². The van der Waals surface area contributed by atoms with Crippen LogP contribution in [0, 0.1) is 5.92 Å². The van der Waals surface area contributed by atoms with Crippen molar-refractivity contribution in [2.75, 3.05) is 37.6 Å². The Labute approximate surface area is 237 Å². The Morgan fingerprint density at radius 2 is 1.60 bits per heavy atom. The number of carboxylic acids is 1. The number of unbranched alkanes of at least 4 members (excludes halogenated alkanes) is 2. The summed E-state index contributed by atoms with van der Waals surface area (Å²) >= 11 is 0. The molecule has 8 nitrogen and oxygen atoms in total. The number of aliphatic carboxylic acids is 1. The summed E-state index contributed by atoms with van der Waals surface area (Å²) in [6.45, 7) is 2.32. The molecule has 3 aromatic rings. The highest BCUT2D eigenvalue weighted by molar-refractivity contribution is 5.96. The molecule has 0 unspecified atom stereocenters. The zero-order valence-electron chi connectivity index (χ0n) is 23.3. The van der Waals surface area contributed by atoms with E-state index in [0.717, 1.165) is 57.2 Å². The molecule has 1 fully saturated rings. The van der Waals surface area contributed by atoms with E-state index in [1.807, 2.05) is 30.3 Å². The fourth-order valence-corrected chi connectivity index (χ4v) is 5.32. The van der Waals surface area contributed by atoms with Gasteiger partial charge in [0.1, 0.15) is 6.54 Å². The second-order valence-electron chi connectivity index (χ2n) is 10.6. The smallest absolute Gasteiger partial charge is 0.323 e. The maximum atomic E-state index is 13.7. The van der Waals surface area contributed by atoms with Crippen LogP contribution < -0.4 is 10.6 Å². The topological polar surface area (TPSA) is 113 Å². The van der Waals surface area contributed by atoms with Crippen molar-refractivity contribution in [3.8, 4) is 0 Å². The van der Waals surface area contributed by atoms with Crippen LogP contribution in [0.3, 0.4) is 0 Å². The summed E-state index contributed by atoms with van der Waals surface area (Å²) in [5.74, 6) is -0.0934. The highest BCUT2D eigenvalue weighted by Crippen LogP contribution is 2.25. The van der Waals surface area contributed by atoms with E-state index in [1.54, 1.807) is 6.20 Å². The highest BCUT2D eigenvalue weighted by Gasteiger charge is 2.26. The van der Waals surface area contributed by atoms with Crippen molar-refractivity contribution in [2.45, 2.75) is 51.4 Å². The maximum absolute atomic E-state index is 13.7. The van der Waals surface area contributed by atoms with Gasteiger partial charge in [0.05, 0.1) is 11.3 Å². The normalized spacial score (nSPS) is 13.8. The molecule has 1 saturated heterocycles. The molecule has 1 aliphatic heterocycles. The fraction of sp³-hybridized carbons (Fsp3) is 0.438. The number of rotatable bonds is 14. The molecule has 2 heterocycles. The Morgan fingerprint density at radius 1 is 0.925 bits per heavy atom. The van der Waals surface area contributed by atoms with Crippen molar-refractivity contribution in [3.63, 3.8) is 0 Å². The molecule has 2 aromatic carbocycles. The largest absolute Gasteiger partial charge is 0.480 e. The summed E-state index contributed by atoms with van der Waals surface area (Å²) in [4.78, 5) is 38.4. The lowest BCUT2D eigenvalue weighted by Gasteiger charge is -2.32. The highest BCUT2D eigenvalue weighted by atomic mass is 16.4. The first kappa shape index (κ1) is 29.2. The van der Waals surface area contributed by atoms with Crippen molar-refractivity contribution < 1.29 is 14.7 Å². The maximum Gasteiger partial charge on any atom is 0.323 e. The molecule has 0 saturated carbocycles. The minimum atomic E-state index is -1.04. The first-order valence-electron chi connectivity index (χ1n) is 14.4. The van der Waals surface area contributed by atoms with E-state index in [0.29, 0.717) is 49.1 Å². The summed E-state index contributed by atoms with van der Waals surface area (Å²) in [5.41, 5.74) is 9.19. The minimum Gasteiger partial charge on any atom is -0.480 e. The average molecular weight is 544 g/mol. The number of nitrogens with zero attached hydrogens (tertiary/aromatic N) is 4. The molecule has 212 valence electrons. The van der Waals surface area contributed by atoms with Crippen LogP contribution >= 0.6 is 0 Å². The summed E-state index contributed by atoms with van der Waals surface area (Å²) in [6.07, 6.45) is 8.74. The van der Waals surface area contributed by atoms with Gasteiger partial charge in [-0.2, -0.15) is 0 Å². The van der Waals surface area contributed by atoms with E-state index >= 15 is 0 Å². The lowest BCUT2D eigenvalue weighted by molar-refractivity contribution is -0.137. The number of benzene rings is 2. The van der Waals surface area contributed by atoms with Crippen LogP contribution in [0.5, 0.6) is 0 Å². The fourth-order valence-electron chi connectivity index (χ4n) is 5.32. The zero-order chi connectivity index (χ0) is 28.2. The Balaban J connectivity index is 1.48. The van der Waals surface area contributed by atoms with E-state index in [9.17, 15) is 14.7 Å². The van der Waals surface area contributed by atoms with Gasteiger partial charge < -0.3 is 20.6 Å². The third-order valence-corrected chi connectivity index (χ3v) is 7.59. The van der Waals surface area contributed by atoms with Crippen LogP contribution in [0.4, 0.5) is 5.95 Å². The molecular formula is C32H41N5O3. The van der Waals surface area contributed by atoms with Gasteiger partial charge in [-0.1, -0.05) is 67.1 Å². The predicted octanol–water partition coefficient (Wildman–Crippen LogP) is 4.38. The Kier molecular flexibility index (Phi) is 11.0. The molecule has 3 N–H and O–H groups in total. The van der Waals surface area contributed by atoms with E-state index in [4.69, 9.17) is 10.7 Å². The van der Waals surface area contributed by atoms with Crippen molar-refractivity contribution >= 4 is 17.8 Å². The van der Waals surface area contributed by atoms with Gasteiger partial charge in [0, 0.05) is 25.8 Å². The molecule has 8 heteroatoms. The third kappa shape index (κ3) is 8.61. The SMILES string of the molecule is NCCCCCc1nc(N2CCC(Cc3ccccc3)CC2)ncc1C(=O)N(CCc1ccccc1)CC(=O)O. The second kappa shape index (κ2) is 15.1. The minimum absolute atomic E-state index is 0.304. The number of aromatic nitrogens is 2. The van der Waals surface area contributed by atoms with Crippen LogP contribution in [0.15, 0.2) is 66.9 Å². The van der Waals surface area contributed by atoms with E-state index in [2.05, 4.69) is 40.2 Å².